The lowest BCUT2D eigenvalue weighted by Crippen LogP contribution is -2.55. The quantitative estimate of drug-likeness (QED) is 0.559. The van der Waals surface area contributed by atoms with Gasteiger partial charge in [-0.05, 0) is 45.7 Å². The van der Waals surface area contributed by atoms with Crippen LogP contribution in [-0.2, 0) is 20.5 Å². The van der Waals surface area contributed by atoms with Gasteiger partial charge < -0.3 is 19.6 Å². The van der Waals surface area contributed by atoms with Gasteiger partial charge in [-0.1, -0.05) is 44.5 Å². The van der Waals surface area contributed by atoms with Crippen LogP contribution in [0, 0.1) is 5.82 Å². The highest BCUT2D eigenvalue weighted by molar-refractivity contribution is 6.32. The van der Waals surface area contributed by atoms with Crippen molar-refractivity contribution in [3.8, 4) is 0 Å². The Labute approximate surface area is 209 Å². The van der Waals surface area contributed by atoms with Crippen LogP contribution in [-0.4, -0.2) is 61.2 Å². The predicted octanol–water partition coefficient (Wildman–Crippen LogP) is 3.93. The van der Waals surface area contributed by atoms with E-state index in [1.807, 2.05) is 0 Å². The van der Waals surface area contributed by atoms with Gasteiger partial charge in [0.25, 0.3) is 0 Å². The molecule has 0 aromatic heterocycles. The first-order valence-electron chi connectivity index (χ1n) is 11.4. The molecule has 2 amide bonds. The Morgan fingerprint density at radius 3 is 2.41 bits per heavy atom. The van der Waals surface area contributed by atoms with E-state index < -0.39 is 50.4 Å². The first-order chi connectivity index (χ1) is 15.4. The van der Waals surface area contributed by atoms with Crippen LogP contribution in [0.25, 0.3) is 0 Å². The van der Waals surface area contributed by atoms with Crippen molar-refractivity contribution in [2.45, 2.75) is 96.2 Å². The second-order valence-corrected chi connectivity index (χ2v) is 14.8. The SMILES string of the molecule is CC(C)(C)OC(=O)N1C[C@](O)(C(C)(C)O[SiH2]C(C)(C)C)C[C@H]1C(=O)NCc1cccc(Cl)c1F. The lowest BCUT2D eigenvalue weighted by molar-refractivity contribution is -0.126. The van der Waals surface area contributed by atoms with Gasteiger partial charge in [0, 0.05) is 18.5 Å². The van der Waals surface area contributed by atoms with Crippen LogP contribution in [0.2, 0.25) is 10.1 Å². The summed E-state index contributed by atoms with van der Waals surface area (Å²) in [6, 6.07) is 3.52. The fraction of sp³-hybridized carbons (Fsp3) is 0.667. The van der Waals surface area contributed by atoms with E-state index in [1.54, 1.807) is 40.7 Å². The normalized spacial score (nSPS) is 21.9. The molecule has 0 unspecified atom stereocenters. The van der Waals surface area contributed by atoms with Crippen molar-refractivity contribution in [1.82, 2.24) is 10.2 Å². The number of aliphatic hydroxyl groups is 1. The van der Waals surface area contributed by atoms with Gasteiger partial charge in [0.2, 0.25) is 5.91 Å². The standard InChI is InChI=1S/C24H38ClFN2O5Si/c1-21(2,3)32-20(30)28-14-24(31,23(7,8)33-34-22(4,5)6)12-17(28)19(29)27-13-15-10-9-11-16(25)18(15)26/h9-11,17,31H,12-14,34H2,1-8H3,(H,27,29)/t17-,24-/m0/s1. The van der Waals surface area contributed by atoms with Crippen molar-refractivity contribution < 1.29 is 28.2 Å². The zero-order chi connectivity index (χ0) is 26.1. The number of carbonyl (C=O) groups is 2. The number of rotatable bonds is 6. The summed E-state index contributed by atoms with van der Waals surface area (Å²) in [6.45, 7) is 14.7. The largest absolute Gasteiger partial charge is 0.444 e. The number of amides is 2. The summed E-state index contributed by atoms with van der Waals surface area (Å²) in [6.07, 6.45) is -0.747. The zero-order valence-corrected chi connectivity index (χ0v) is 23.6. The van der Waals surface area contributed by atoms with Crippen LogP contribution in [0.1, 0.15) is 67.4 Å². The minimum absolute atomic E-state index is 0.00507. The molecule has 1 aromatic carbocycles. The smallest absolute Gasteiger partial charge is 0.411 e. The Bertz CT molecular complexity index is 916. The molecule has 1 fully saturated rings. The van der Waals surface area contributed by atoms with Crippen molar-refractivity contribution in [2.75, 3.05) is 6.54 Å². The van der Waals surface area contributed by atoms with E-state index in [1.165, 1.54) is 17.0 Å². The molecule has 192 valence electrons. The minimum atomic E-state index is -1.48. The third kappa shape index (κ3) is 7.16. The van der Waals surface area contributed by atoms with Crippen LogP contribution < -0.4 is 5.32 Å². The maximum atomic E-state index is 14.3. The van der Waals surface area contributed by atoms with Crippen LogP contribution in [0.15, 0.2) is 18.2 Å². The van der Waals surface area contributed by atoms with Crippen molar-refractivity contribution in [2.24, 2.45) is 0 Å². The number of nitrogens with zero attached hydrogens (tertiary/aromatic N) is 1. The Morgan fingerprint density at radius 2 is 1.85 bits per heavy atom. The van der Waals surface area contributed by atoms with E-state index >= 15 is 0 Å². The zero-order valence-electron chi connectivity index (χ0n) is 21.4. The summed E-state index contributed by atoms with van der Waals surface area (Å²) < 4.78 is 26.0. The molecule has 1 heterocycles. The van der Waals surface area contributed by atoms with Crippen molar-refractivity contribution in [3.05, 3.63) is 34.6 Å². The van der Waals surface area contributed by atoms with Gasteiger partial charge in [-0.25, -0.2) is 9.18 Å². The molecule has 1 aliphatic heterocycles. The molecule has 0 saturated carbocycles. The summed E-state index contributed by atoms with van der Waals surface area (Å²) in [7, 11) is -1.03. The third-order valence-electron chi connectivity index (χ3n) is 5.74. The number of benzene rings is 1. The third-order valence-corrected chi connectivity index (χ3v) is 7.77. The maximum absolute atomic E-state index is 14.3. The average Bonchev–Trinajstić information content (AvgIpc) is 3.06. The van der Waals surface area contributed by atoms with Crippen LogP contribution in [0.5, 0.6) is 0 Å². The molecule has 34 heavy (non-hydrogen) atoms. The summed E-state index contributed by atoms with van der Waals surface area (Å²) >= 11 is 5.83. The fourth-order valence-electron chi connectivity index (χ4n) is 3.59. The number of hydrogen-bond donors (Lipinski definition) is 2. The fourth-order valence-corrected chi connectivity index (χ4v) is 4.84. The van der Waals surface area contributed by atoms with Crippen molar-refractivity contribution >= 4 is 33.4 Å². The van der Waals surface area contributed by atoms with Gasteiger partial charge in [0.05, 0.1) is 17.2 Å². The molecular weight excluding hydrogens is 479 g/mol. The Kier molecular flexibility index (Phi) is 8.50. The van der Waals surface area contributed by atoms with Gasteiger partial charge in [0.15, 0.2) is 9.76 Å². The molecule has 0 bridgehead atoms. The summed E-state index contributed by atoms with van der Waals surface area (Å²) in [4.78, 5) is 27.4. The average molecular weight is 517 g/mol. The second kappa shape index (κ2) is 10.1. The molecule has 1 saturated heterocycles. The molecule has 0 radical (unpaired) electrons. The van der Waals surface area contributed by atoms with Gasteiger partial charge in [-0.2, -0.15) is 0 Å². The Morgan fingerprint density at radius 1 is 1.24 bits per heavy atom. The number of halogens is 2. The number of ether oxygens (including phenoxy) is 1. The topological polar surface area (TPSA) is 88.1 Å². The highest BCUT2D eigenvalue weighted by Crippen LogP contribution is 2.40. The highest BCUT2D eigenvalue weighted by atomic mass is 35.5. The lowest BCUT2D eigenvalue weighted by Gasteiger charge is -2.41. The van der Waals surface area contributed by atoms with Crippen molar-refractivity contribution in [3.63, 3.8) is 0 Å². The number of likely N-dealkylation sites (tertiary alicyclic amines) is 1. The van der Waals surface area contributed by atoms with Gasteiger partial charge >= 0.3 is 6.09 Å². The van der Waals surface area contributed by atoms with E-state index in [0.717, 1.165) is 0 Å². The molecule has 1 aliphatic rings. The molecule has 1 aromatic rings. The number of carbonyl (C=O) groups excluding carboxylic acids is 2. The monoisotopic (exact) mass is 516 g/mol. The van der Waals surface area contributed by atoms with Crippen LogP contribution >= 0.6 is 11.6 Å². The van der Waals surface area contributed by atoms with E-state index in [-0.39, 0.29) is 35.1 Å². The predicted molar refractivity (Wildman–Crippen MR) is 133 cm³/mol. The van der Waals surface area contributed by atoms with Crippen LogP contribution in [0.4, 0.5) is 9.18 Å². The number of nitrogens with one attached hydrogen (secondary N) is 1. The molecule has 7 nitrogen and oxygen atoms in total. The first kappa shape index (κ1) is 28.6. The molecule has 2 atom stereocenters. The van der Waals surface area contributed by atoms with E-state index in [0.29, 0.717) is 0 Å². The van der Waals surface area contributed by atoms with Gasteiger partial charge in [0.1, 0.15) is 23.1 Å². The molecule has 2 rings (SSSR count). The molecular formula is C24H38ClFN2O5Si. The molecule has 0 aliphatic carbocycles. The first-order valence-corrected chi connectivity index (χ1v) is 13.1. The van der Waals surface area contributed by atoms with Gasteiger partial charge in [-0.15, -0.1) is 0 Å². The summed E-state index contributed by atoms with van der Waals surface area (Å²) in [5, 5.41) is 14.2. The summed E-state index contributed by atoms with van der Waals surface area (Å²) in [5.41, 5.74) is -3.04. The summed E-state index contributed by atoms with van der Waals surface area (Å²) in [5.74, 6) is -1.14. The van der Waals surface area contributed by atoms with Crippen molar-refractivity contribution in [1.29, 1.82) is 0 Å². The Balaban J connectivity index is 2.27. The van der Waals surface area contributed by atoms with E-state index in [2.05, 4.69) is 26.1 Å². The van der Waals surface area contributed by atoms with Crippen LogP contribution in [0.3, 0.4) is 0 Å². The Hall–Kier alpha value is -1.68. The highest BCUT2D eigenvalue weighted by Gasteiger charge is 2.56. The number of hydrogen-bond acceptors (Lipinski definition) is 5. The number of β-amino-alcohol motifs (C(OH)–C–C–N with tert-alkyl or cyclic N) is 1. The molecule has 0 spiro atoms. The van der Waals surface area contributed by atoms with E-state index in [9.17, 15) is 19.1 Å². The van der Waals surface area contributed by atoms with Gasteiger partial charge in [-0.3, -0.25) is 9.69 Å². The second-order valence-electron chi connectivity index (χ2n) is 11.7. The lowest BCUT2D eigenvalue weighted by atomic mass is 9.84. The maximum Gasteiger partial charge on any atom is 0.411 e. The minimum Gasteiger partial charge on any atom is -0.444 e. The molecule has 10 heteroatoms. The molecule has 2 N–H and O–H groups in total. The van der Waals surface area contributed by atoms with E-state index in [4.69, 9.17) is 20.8 Å².